The van der Waals surface area contributed by atoms with E-state index in [2.05, 4.69) is 35.0 Å². The third kappa shape index (κ3) is 5.92. The van der Waals surface area contributed by atoms with Gasteiger partial charge in [-0.15, -0.1) is 0 Å². The highest BCUT2D eigenvalue weighted by Crippen LogP contribution is 2.08. The highest BCUT2D eigenvalue weighted by atomic mass is 16.2. The topological polar surface area (TPSA) is 70.2 Å². The molecule has 0 heterocycles. The maximum atomic E-state index is 12.5. The van der Waals surface area contributed by atoms with E-state index in [1.54, 1.807) is 12.1 Å². The molecule has 1 atom stereocenters. The zero-order chi connectivity index (χ0) is 18.9. The lowest BCUT2D eigenvalue weighted by Gasteiger charge is -2.22. The summed E-state index contributed by atoms with van der Waals surface area (Å²) in [6.45, 7) is 6.42. The normalized spacial score (nSPS) is 11.7. The number of amides is 3. The van der Waals surface area contributed by atoms with E-state index in [4.69, 9.17) is 0 Å². The van der Waals surface area contributed by atoms with Crippen LogP contribution in [0.3, 0.4) is 0 Å². The molecular weight excluding hydrogens is 326 g/mol. The van der Waals surface area contributed by atoms with Crippen LogP contribution in [0.15, 0.2) is 54.6 Å². The van der Waals surface area contributed by atoms with Gasteiger partial charge in [-0.2, -0.15) is 0 Å². The number of hydrogen-bond acceptors (Lipinski definition) is 2. The van der Waals surface area contributed by atoms with E-state index in [1.807, 2.05) is 44.2 Å². The minimum Gasteiger partial charge on any atom is -0.354 e. The van der Waals surface area contributed by atoms with Gasteiger partial charge in [0.05, 0.1) is 0 Å². The SMILES string of the molecule is Cc1ccccc1CCNC(=O)C(NC(=O)Nc1ccccc1)C(C)C. The van der Waals surface area contributed by atoms with E-state index >= 15 is 0 Å². The van der Waals surface area contributed by atoms with Crippen molar-refractivity contribution in [2.75, 3.05) is 11.9 Å². The third-order valence-electron chi connectivity index (χ3n) is 4.22. The molecule has 5 nitrogen and oxygen atoms in total. The Bertz CT molecular complexity index is 729. The van der Waals surface area contributed by atoms with E-state index < -0.39 is 6.04 Å². The molecule has 3 N–H and O–H groups in total. The van der Waals surface area contributed by atoms with Crippen LogP contribution in [0.5, 0.6) is 0 Å². The summed E-state index contributed by atoms with van der Waals surface area (Å²) in [6, 6.07) is 16.3. The van der Waals surface area contributed by atoms with Crippen LogP contribution >= 0.6 is 0 Å². The number of hydrogen-bond donors (Lipinski definition) is 3. The zero-order valence-corrected chi connectivity index (χ0v) is 15.6. The van der Waals surface area contributed by atoms with Crippen molar-refractivity contribution in [3.63, 3.8) is 0 Å². The molecule has 3 amide bonds. The Morgan fingerprint density at radius 1 is 0.962 bits per heavy atom. The molecule has 0 saturated heterocycles. The van der Waals surface area contributed by atoms with Crippen LogP contribution in [0.25, 0.3) is 0 Å². The molecule has 0 saturated carbocycles. The number of aryl methyl sites for hydroxylation is 1. The van der Waals surface area contributed by atoms with Gasteiger partial charge in [0.15, 0.2) is 0 Å². The van der Waals surface area contributed by atoms with Gasteiger partial charge in [-0.1, -0.05) is 56.3 Å². The smallest absolute Gasteiger partial charge is 0.319 e. The van der Waals surface area contributed by atoms with Gasteiger partial charge in [-0.25, -0.2) is 4.79 Å². The quantitative estimate of drug-likeness (QED) is 0.713. The summed E-state index contributed by atoms with van der Waals surface area (Å²) in [7, 11) is 0. The molecule has 0 spiro atoms. The number of benzene rings is 2. The molecule has 0 bridgehead atoms. The lowest BCUT2D eigenvalue weighted by Crippen LogP contribution is -2.51. The van der Waals surface area contributed by atoms with Crippen molar-refractivity contribution in [1.29, 1.82) is 0 Å². The summed E-state index contributed by atoms with van der Waals surface area (Å²) in [5.41, 5.74) is 3.11. The van der Waals surface area contributed by atoms with Gasteiger partial charge in [0.1, 0.15) is 6.04 Å². The van der Waals surface area contributed by atoms with Crippen molar-refractivity contribution < 1.29 is 9.59 Å². The second kappa shape index (κ2) is 9.61. The maximum absolute atomic E-state index is 12.5. The first kappa shape index (κ1) is 19.5. The first-order valence-corrected chi connectivity index (χ1v) is 8.92. The molecule has 0 aliphatic rings. The lowest BCUT2D eigenvalue weighted by molar-refractivity contribution is -0.123. The molecule has 1 unspecified atom stereocenters. The lowest BCUT2D eigenvalue weighted by atomic mass is 10.0. The Hall–Kier alpha value is -2.82. The first-order chi connectivity index (χ1) is 12.5. The van der Waals surface area contributed by atoms with Crippen molar-refractivity contribution in [2.45, 2.75) is 33.2 Å². The molecule has 0 fully saturated rings. The standard InChI is InChI=1S/C21H27N3O2/c1-15(2)19(24-21(26)23-18-11-5-4-6-12-18)20(25)22-14-13-17-10-8-7-9-16(17)3/h4-12,15,19H,13-14H2,1-3H3,(H,22,25)(H2,23,24,26). The van der Waals surface area contributed by atoms with Crippen LogP contribution in [-0.4, -0.2) is 24.5 Å². The van der Waals surface area contributed by atoms with Crippen LogP contribution in [0, 0.1) is 12.8 Å². The molecule has 2 aromatic rings. The molecule has 138 valence electrons. The van der Waals surface area contributed by atoms with Gasteiger partial charge >= 0.3 is 6.03 Å². The van der Waals surface area contributed by atoms with E-state index in [0.29, 0.717) is 12.2 Å². The van der Waals surface area contributed by atoms with E-state index in [1.165, 1.54) is 11.1 Å². The number of rotatable bonds is 7. The Kier molecular flexibility index (Phi) is 7.21. The highest BCUT2D eigenvalue weighted by molar-refractivity contribution is 5.93. The van der Waals surface area contributed by atoms with Crippen molar-refractivity contribution in [3.8, 4) is 0 Å². The van der Waals surface area contributed by atoms with Gasteiger partial charge < -0.3 is 16.0 Å². The second-order valence-electron chi connectivity index (χ2n) is 6.65. The Labute approximate surface area is 155 Å². The van der Waals surface area contributed by atoms with Gasteiger partial charge in [-0.3, -0.25) is 4.79 Å². The van der Waals surface area contributed by atoms with Crippen LogP contribution in [-0.2, 0) is 11.2 Å². The predicted molar refractivity (Wildman–Crippen MR) is 105 cm³/mol. The highest BCUT2D eigenvalue weighted by Gasteiger charge is 2.23. The van der Waals surface area contributed by atoms with Gasteiger partial charge in [-0.05, 0) is 42.5 Å². The van der Waals surface area contributed by atoms with E-state index in [-0.39, 0.29) is 17.9 Å². The minimum absolute atomic E-state index is 0.0185. The minimum atomic E-state index is -0.587. The van der Waals surface area contributed by atoms with Crippen LogP contribution in [0.2, 0.25) is 0 Å². The Balaban J connectivity index is 1.86. The van der Waals surface area contributed by atoms with Crippen molar-refractivity contribution in [1.82, 2.24) is 10.6 Å². The molecule has 2 aromatic carbocycles. The van der Waals surface area contributed by atoms with Gasteiger partial charge in [0.2, 0.25) is 5.91 Å². The molecule has 5 heteroatoms. The van der Waals surface area contributed by atoms with Crippen LogP contribution in [0.1, 0.15) is 25.0 Å². The van der Waals surface area contributed by atoms with Crippen molar-refractivity contribution >= 4 is 17.6 Å². The molecule has 0 aliphatic heterocycles. The van der Waals surface area contributed by atoms with Gasteiger partial charge in [0, 0.05) is 12.2 Å². The first-order valence-electron chi connectivity index (χ1n) is 8.92. The van der Waals surface area contributed by atoms with Crippen molar-refractivity contribution in [3.05, 3.63) is 65.7 Å². The number of nitrogens with one attached hydrogen (secondary N) is 3. The second-order valence-corrected chi connectivity index (χ2v) is 6.65. The molecule has 26 heavy (non-hydrogen) atoms. The molecule has 0 aliphatic carbocycles. The summed E-state index contributed by atoms with van der Waals surface area (Å²) in [5.74, 6) is -0.188. The number of urea groups is 1. The molecule has 0 aromatic heterocycles. The fraction of sp³-hybridized carbons (Fsp3) is 0.333. The summed E-state index contributed by atoms with van der Waals surface area (Å²) in [4.78, 5) is 24.7. The molecular formula is C21H27N3O2. The number of carbonyl (C=O) groups excluding carboxylic acids is 2. The summed E-state index contributed by atoms with van der Waals surface area (Å²) < 4.78 is 0. The van der Waals surface area contributed by atoms with E-state index in [0.717, 1.165) is 6.42 Å². The molecule has 0 radical (unpaired) electrons. The average molecular weight is 353 g/mol. The summed E-state index contributed by atoms with van der Waals surface area (Å²) in [5, 5.41) is 8.43. The summed E-state index contributed by atoms with van der Waals surface area (Å²) in [6.07, 6.45) is 0.763. The fourth-order valence-corrected chi connectivity index (χ4v) is 2.69. The Morgan fingerprint density at radius 3 is 2.27 bits per heavy atom. The summed E-state index contributed by atoms with van der Waals surface area (Å²) >= 11 is 0. The number of carbonyl (C=O) groups is 2. The average Bonchev–Trinajstić information content (AvgIpc) is 2.62. The van der Waals surface area contributed by atoms with Gasteiger partial charge in [0.25, 0.3) is 0 Å². The third-order valence-corrected chi connectivity index (χ3v) is 4.22. The zero-order valence-electron chi connectivity index (χ0n) is 15.6. The number of anilines is 1. The maximum Gasteiger partial charge on any atom is 0.319 e. The van der Waals surface area contributed by atoms with Crippen LogP contribution < -0.4 is 16.0 Å². The largest absolute Gasteiger partial charge is 0.354 e. The number of para-hydroxylation sites is 1. The van der Waals surface area contributed by atoms with Crippen molar-refractivity contribution in [2.24, 2.45) is 5.92 Å². The van der Waals surface area contributed by atoms with E-state index in [9.17, 15) is 9.59 Å². The monoisotopic (exact) mass is 353 g/mol. The Morgan fingerprint density at radius 2 is 1.62 bits per heavy atom. The van der Waals surface area contributed by atoms with Crippen LogP contribution in [0.4, 0.5) is 10.5 Å². The fourth-order valence-electron chi connectivity index (χ4n) is 2.69. The molecule has 2 rings (SSSR count). The predicted octanol–water partition coefficient (Wildman–Crippen LogP) is 3.50.